The van der Waals surface area contributed by atoms with Crippen LogP contribution in [0.1, 0.15) is 16.7 Å². The Labute approximate surface area is 294 Å². The average molecular weight is 647 g/mol. The van der Waals surface area contributed by atoms with Crippen LogP contribution in [0.25, 0.3) is 82.4 Å². The summed E-state index contributed by atoms with van der Waals surface area (Å²) >= 11 is 0. The molecule has 0 radical (unpaired) electrons. The zero-order valence-electron chi connectivity index (χ0n) is 27.3. The number of nitrogens with zero attached hydrogens (tertiary/aromatic N) is 4. The van der Waals surface area contributed by atoms with E-state index in [-0.39, 0.29) is 0 Å². The smallest absolute Gasteiger partial charge is 0.0998 e. The summed E-state index contributed by atoms with van der Waals surface area (Å²) in [6, 6.07) is 60.1. The molecule has 0 atom stereocenters. The van der Waals surface area contributed by atoms with Gasteiger partial charge in [0, 0.05) is 22.0 Å². The van der Waals surface area contributed by atoms with Crippen LogP contribution in [0, 0.1) is 34.0 Å². The lowest BCUT2D eigenvalue weighted by molar-refractivity contribution is 1.18. The van der Waals surface area contributed by atoms with E-state index in [0.29, 0.717) is 22.3 Å². The van der Waals surface area contributed by atoms with Crippen LogP contribution >= 0.6 is 0 Å². The van der Waals surface area contributed by atoms with Gasteiger partial charge in [0.2, 0.25) is 0 Å². The summed E-state index contributed by atoms with van der Waals surface area (Å²) in [6.45, 7) is 0. The van der Waals surface area contributed by atoms with Crippen molar-refractivity contribution in [3.05, 3.63) is 174 Å². The molecule has 0 saturated carbocycles. The molecule has 51 heavy (non-hydrogen) atoms. The zero-order chi connectivity index (χ0) is 34.5. The molecule has 4 nitrogen and oxygen atoms in total. The fourth-order valence-electron chi connectivity index (χ4n) is 7.75. The van der Waals surface area contributed by atoms with Crippen LogP contribution in [0.15, 0.2) is 158 Å². The average Bonchev–Trinajstić information content (AvgIpc) is 3.53. The number of aromatic nitrogens is 1. The third-order valence-corrected chi connectivity index (χ3v) is 9.86. The Bertz CT molecular complexity index is 2910. The van der Waals surface area contributed by atoms with E-state index >= 15 is 0 Å². The topological polar surface area (TPSA) is 76.3 Å². The maximum atomic E-state index is 10.7. The predicted molar refractivity (Wildman–Crippen MR) is 206 cm³/mol. The van der Waals surface area contributed by atoms with Gasteiger partial charge in [-0.15, -0.1) is 0 Å². The molecular formula is C47H26N4. The fraction of sp³-hybridized carbons (Fsp3) is 0. The van der Waals surface area contributed by atoms with Crippen LogP contribution in [0.2, 0.25) is 0 Å². The monoisotopic (exact) mass is 646 g/mol. The number of rotatable bonds is 4. The maximum absolute atomic E-state index is 10.7. The summed E-state index contributed by atoms with van der Waals surface area (Å²) in [6.07, 6.45) is 0. The second-order valence-corrected chi connectivity index (χ2v) is 12.6. The first-order valence-corrected chi connectivity index (χ1v) is 16.7. The Morgan fingerprint density at radius 3 is 1.49 bits per heavy atom. The van der Waals surface area contributed by atoms with E-state index in [1.54, 1.807) is 0 Å². The number of benzene rings is 8. The molecule has 9 aromatic rings. The van der Waals surface area contributed by atoms with E-state index in [1.165, 1.54) is 0 Å². The van der Waals surface area contributed by atoms with Crippen LogP contribution < -0.4 is 0 Å². The summed E-state index contributed by atoms with van der Waals surface area (Å²) in [4.78, 5) is 0. The largest absolute Gasteiger partial charge is 0.309 e. The summed E-state index contributed by atoms with van der Waals surface area (Å²) in [5, 5.41) is 37.4. The molecule has 0 spiro atoms. The van der Waals surface area contributed by atoms with E-state index in [9.17, 15) is 15.8 Å². The van der Waals surface area contributed by atoms with Gasteiger partial charge in [-0.05, 0) is 97.9 Å². The maximum Gasteiger partial charge on any atom is 0.0998 e. The van der Waals surface area contributed by atoms with Gasteiger partial charge in [-0.2, -0.15) is 15.8 Å². The molecule has 0 bridgehead atoms. The predicted octanol–water partition coefficient (Wildman–Crippen LogP) is 11.7. The first kappa shape index (κ1) is 29.7. The molecule has 0 aliphatic rings. The molecule has 234 valence electrons. The summed E-state index contributed by atoms with van der Waals surface area (Å²) in [5.74, 6) is 0. The van der Waals surface area contributed by atoms with Crippen molar-refractivity contribution in [2.24, 2.45) is 0 Å². The Morgan fingerprint density at radius 2 is 0.882 bits per heavy atom. The lowest BCUT2D eigenvalue weighted by Gasteiger charge is -2.19. The first-order valence-electron chi connectivity index (χ1n) is 16.7. The first-order chi connectivity index (χ1) is 25.2. The van der Waals surface area contributed by atoms with Crippen LogP contribution in [-0.2, 0) is 0 Å². The molecule has 8 aromatic carbocycles. The highest BCUT2D eigenvalue weighted by Crippen LogP contribution is 2.45. The molecule has 0 aliphatic heterocycles. The molecule has 9 rings (SSSR count). The molecule has 0 unspecified atom stereocenters. The van der Waals surface area contributed by atoms with Crippen molar-refractivity contribution < 1.29 is 0 Å². The Morgan fingerprint density at radius 1 is 0.353 bits per heavy atom. The molecule has 0 amide bonds. The minimum Gasteiger partial charge on any atom is -0.309 e. The lowest BCUT2D eigenvalue weighted by atomic mass is 9.84. The highest BCUT2D eigenvalue weighted by Gasteiger charge is 2.21. The van der Waals surface area contributed by atoms with Crippen LogP contribution in [0.3, 0.4) is 0 Å². The number of nitriles is 3. The van der Waals surface area contributed by atoms with Crippen LogP contribution in [-0.4, -0.2) is 4.57 Å². The number of hydrogen-bond acceptors (Lipinski definition) is 3. The number of hydrogen-bond donors (Lipinski definition) is 0. The molecule has 0 saturated heterocycles. The zero-order valence-corrected chi connectivity index (χ0v) is 27.3. The van der Waals surface area contributed by atoms with Gasteiger partial charge in [0.15, 0.2) is 0 Å². The van der Waals surface area contributed by atoms with Gasteiger partial charge in [0.25, 0.3) is 0 Å². The van der Waals surface area contributed by atoms with Crippen molar-refractivity contribution in [2.75, 3.05) is 0 Å². The standard InChI is InChI=1S/C47H26N4/c48-27-30-21-22-44-42(23-30)37-15-8-9-20-43(37)51(44)36-14-10-13-32(26-36)45-34(28-49)24-33(25-35(45)29-50)47-40-18-6-4-16-38(40)46(31-11-2-1-3-12-31)39-17-5-7-19-41(39)47/h1-26H. The molecular weight excluding hydrogens is 621 g/mol. The van der Waals surface area contributed by atoms with E-state index in [0.717, 1.165) is 76.9 Å². The SMILES string of the molecule is N#Cc1ccc2c(c1)c1ccccc1n2-c1cccc(-c2c(C#N)cc(-c3c4ccccc4c(-c4ccccc4)c4ccccc34)cc2C#N)c1. The summed E-state index contributed by atoms with van der Waals surface area (Å²) < 4.78 is 2.17. The van der Waals surface area contributed by atoms with Crippen molar-refractivity contribution >= 4 is 43.4 Å². The lowest BCUT2D eigenvalue weighted by Crippen LogP contribution is -1.97. The van der Waals surface area contributed by atoms with E-state index in [4.69, 9.17) is 0 Å². The fourth-order valence-corrected chi connectivity index (χ4v) is 7.75. The summed E-state index contributed by atoms with van der Waals surface area (Å²) in [7, 11) is 0. The Balaban J connectivity index is 1.27. The highest BCUT2D eigenvalue weighted by atomic mass is 15.0. The molecule has 0 N–H and O–H groups in total. The molecule has 1 aromatic heterocycles. The van der Waals surface area contributed by atoms with Gasteiger partial charge >= 0.3 is 0 Å². The normalized spacial score (nSPS) is 11.1. The van der Waals surface area contributed by atoms with E-state index < -0.39 is 0 Å². The Hall–Kier alpha value is -7.45. The van der Waals surface area contributed by atoms with Gasteiger partial charge in [0.1, 0.15) is 0 Å². The molecule has 0 aliphatic carbocycles. The van der Waals surface area contributed by atoms with Crippen molar-refractivity contribution in [2.45, 2.75) is 0 Å². The van der Waals surface area contributed by atoms with E-state index in [2.05, 4.69) is 95.6 Å². The minimum atomic E-state index is 0.433. The number of para-hydroxylation sites is 1. The van der Waals surface area contributed by atoms with Crippen molar-refractivity contribution in [1.29, 1.82) is 15.8 Å². The van der Waals surface area contributed by atoms with Gasteiger partial charge in [0.05, 0.1) is 45.9 Å². The van der Waals surface area contributed by atoms with Crippen molar-refractivity contribution in [3.63, 3.8) is 0 Å². The van der Waals surface area contributed by atoms with Crippen LogP contribution in [0.5, 0.6) is 0 Å². The third-order valence-electron chi connectivity index (χ3n) is 9.86. The highest BCUT2D eigenvalue weighted by molar-refractivity contribution is 6.21. The molecule has 0 fully saturated rings. The summed E-state index contributed by atoms with van der Waals surface area (Å²) in [5.41, 5.74) is 9.85. The van der Waals surface area contributed by atoms with Gasteiger partial charge in [-0.1, -0.05) is 109 Å². The molecule has 1 heterocycles. The minimum absolute atomic E-state index is 0.433. The van der Waals surface area contributed by atoms with E-state index in [1.807, 2.05) is 84.9 Å². The Kier molecular flexibility index (Phi) is 6.93. The second-order valence-electron chi connectivity index (χ2n) is 12.6. The van der Waals surface area contributed by atoms with Crippen molar-refractivity contribution in [3.8, 4) is 57.3 Å². The quantitative estimate of drug-likeness (QED) is 0.179. The van der Waals surface area contributed by atoms with Crippen LogP contribution in [0.4, 0.5) is 0 Å². The third kappa shape index (κ3) is 4.66. The second kappa shape index (κ2) is 11.9. The van der Waals surface area contributed by atoms with Gasteiger partial charge in [-0.25, -0.2) is 0 Å². The van der Waals surface area contributed by atoms with Crippen molar-refractivity contribution in [1.82, 2.24) is 4.57 Å². The number of fused-ring (bicyclic) bond motifs is 5. The molecule has 4 heteroatoms. The van der Waals surface area contributed by atoms with Gasteiger partial charge < -0.3 is 4.57 Å². The van der Waals surface area contributed by atoms with Gasteiger partial charge in [-0.3, -0.25) is 0 Å².